The zero-order valence-electron chi connectivity index (χ0n) is 17.6. The number of benzene rings is 1. The minimum atomic E-state index is -1.77. The summed E-state index contributed by atoms with van der Waals surface area (Å²) in [5, 5.41) is 34.6. The molecule has 0 radical (unpaired) electrons. The molecular formula is C20H28N4O8. The molecule has 0 aliphatic heterocycles. The van der Waals surface area contributed by atoms with Gasteiger partial charge in [0.25, 0.3) is 0 Å². The normalized spacial score (nSPS) is 15.4. The molecule has 3 amide bonds. The molecule has 0 saturated heterocycles. The summed E-state index contributed by atoms with van der Waals surface area (Å²) in [6.45, 7) is 2.61. The third-order valence-electron chi connectivity index (χ3n) is 4.39. The Morgan fingerprint density at radius 2 is 1.44 bits per heavy atom. The number of aliphatic hydroxyl groups excluding tert-OH is 1. The van der Waals surface area contributed by atoms with Gasteiger partial charge in [0.15, 0.2) is 0 Å². The van der Waals surface area contributed by atoms with Gasteiger partial charge in [-0.25, -0.2) is 4.79 Å². The molecule has 0 aromatic heterocycles. The fraction of sp³-hybridized carbons (Fsp3) is 0.450. The lowest BCUT2D eigenvalue weighted by molar-refractivity contribution is -0.148. The monoisotopic (exact) mass is 452 g/mol. The highest BCUT2D eigenvalue weighted by molar-refractivity contribution is 5.95. The van der Waals surface area contributed by atoms with Crippen molar-refractivity contribution >= 4 is 29.7 Å². The van der Waals surface area contributed by atoms with Gasteiger partial charge in [-0.1, -0.05) is 30.3 Å². The molecule has 8 N–H and O–H groups in total. The fourth-order valence-electron chi connectivity index (χ4n) is 2.66. The van der Waals surface area contributed by atoms with Crippen molar-refractivity contribution in [1.29, 1.82) is 0 Å². The molecule has 32 heavy (non-hydrogen) atoms. The number of carbonyl (C=O) groups is 5. The number of hydrogen-bond donors (Lipinski definition) is 7. The van der Waals surface area contributed by atoms with Crippen LogP contribution < -0.4 is 21.7 Å². The predicted octanol–water partition coefficient (Wildman–Crippen LogP) is -2.03. The lowest BCUT2D eigenvalue weighted by atomic mass is 10.0. The molecule has 0 aliphatic carbocycles. The molecule has 1 rings (SSSR count). The first-order chi connectivity index (χ1) is 14.9. The molecule has 12 nitrogen and oxygen atoms in total. The van der Waals surface area contributed by atoms with Crippen molar-refractivity contribution in [3.05, 3.63) is 35.9 Å². The average molecular weight is 452 g/mol. The molecule has 0 aliphatic rings. The van der Waals surface area contributed by atoms with Gasteiger partial charge in [-0.2, -0.15) is 0 Å². The van der Waals surface area contributed by atoms with Gasteiger partial charge >= 0.3 is 11.9 Å². The number of nitrogens with two attached hydrogens (primary N) is 1. The van der Waals surface area contributed by atoms with E-state index in [2.05, 4.69) is 10.6 Å². The number of aliphatic hydroxyl groups is 1. The highest BCUT2D eigenvalue weighted by Crippen LogP contribution is 2.06. The maximum absolute atomic E-state index is 12.9. The number of aliphatic carboxylic acids is 2. The van der Waals surface area contributed by atoms with Crippen molar-refractivity contribution < 1.29 is 39.3 Å². The first kappa shape index (κ1) is 26.5. The van der Waals surface area contributed by atoms with Crippen LogP contribution in [0.1, 0.15) is 25.8 Å². The van der Waals surface area contributed by atoms with Crippen LogP contribution in [0.5, 0.6) is 0 Å². The van der Waals surface area contributed by atoms with Crippen molar-refractivity contribution in [3.63, 3.8) is 0 Å². The molecular weight excluding hydrogens is 424 g/mol. The molecule has 0 spiro atoms. The standard InChI is InChI=1S/C20H28N4O8/c1-10(21)17(28)22-13(8-12-6-4-3-5-7-12)18(29)24-16(11(2)25)19(30)23-14(20(31)32)9-15(26)27/h3-7,10-11,13-14,16,25H,8-9,21H2,1-2H3,(H,22,28)(H,23,30)(H,24,29)(H,26,27)(H,31,32). The lowest BCUT2D eigenvalue weighted by Gasteiger charge is -2.26. The lowest BCUT2D eigenvalue weighted by Crippen LogP contribution is -2.60. The second-order valence-corrected chi connectivity index (χ2v) is 7.26. The van der Waals surface area contributed by atoms with Crippen molar-refractivity contribution in [3.8, 4) is 0 Å². The summed E-state index contributed by atoms with van der Waals surface area (Å²) in [7, 11) is 0. The van der Waals surface area contributed by atoms with E-state index in [1.807, 2.05) is 5.32 Å². The second-order valence-electron chi connectivity index (χ2n) is 7.26. The van der Waals surface area contributed by atoms with Gasteiger partial charge < -0.3 is 37.0 Å². The van der Waals surface area contributed by atoms with Gasteiger partial charge in [0.2, 0.25) is 17.7 Å². The van der Waals surface area contributed by atoms with Crippen LogP contribution in [0.25, 0.3) is 0 Å². The quantitative estimate of drug-likeness (QED) is 0.186. The number of carboxylic acid groups (broad SMARTS) is 2. The van der Waals surface area contributed by atoms with Gasteiger partial charge in [-0.15, -0.1) is 0 Å². The van der Waals surface area contributed by atoms with E-state index in [4.69, 9.17) is 15.9 Å². The van der Waals surface area contributed by atoms with Gasteiger partial charge in [-0.05, 0) is 19.4 Å². The van der Waals surface area contributed by atoms with Gasteiger partial charge in [0, 0.05) is 6.42 Å². The highest BCUT2D eigenvalue weighted by Gasteiger charge is 2.33. The van der Waals surface area contributed by atoms with E-state index in [-0.39, 0.29) is 6.42 Å². The second kappa shape index (κ2) is 12.4. The first-order valence-corrected chi connectivity index (χ1v) is 9.75. The number of nitrogens with one attached hydrogen (secondary N) is 3. The topological polar surface area (TPSA) is 208 Å². The average Bonchev–Trinajstić information content (AvgIpc) is 2.70. The van der Waals surface area contributed by atoms with Gasteiger partial charge in [-0.3, -0.25) is 19.2 Å². The molecule has 1 aromatic rings. The van der Waals surface area contributed by atoms with Crippen LogP contribution in [0, 0.1) is 0 Å². The van der Waals surface area contributed by atoms with E-state index in [1.165, 1.54) is 13.8 Å². The molecule has 0 fully saturated rings. The largest absolute Gasteiger partial charge is 0.481 e. The van der Waals surface area contributed by atoms with Crippen LogP contribution in [-0.4, -0.2) is 75.3 Å². The van der Waals surface area contributed by atoms with Gasteiger partial charge in [0.05, 0.1) is 18.6 Å². The van der Waals surface area contributed by atoms with Crippen LogP contribution in [0.3, 0.4) is 0 Å². The summed E-state index contributed by atoms with van der Waals surface area (Å²) < 4.78 is 0. The smallest absolute Gasteiger partial charge is 0.326 e. The SMILES string of the molecule is CC(N)C(=O)NC(Cc1ccccc1)C(=O)NC(C(=O)NC(CC(=O)O)C(=O)O)C(C)O. The van der Waals surface area contributed by atoms with E-state index in [0.29, 0.717) is 5.56 Å². The number of rotatable bonds is 12. The van der Waals surface area contributed by atoms with E-state index in [1.54, 1.807) is 30.3 Å². The maximum atomic E-state index is 12.9. The Bertz CT molecular complexity index is 828. The summed E-state index contributed by atoms with van der Waals surface area (Å²) in [6.07, 6.45) is -2.31. The van der Waals surface area contributed by atoms with Crippen molar-refractivity contribution in [2.75, 3.05) is 0 Å². The van der Waals surface area contributed by atoms with Crippen LogP contribution in [0.4, 0.5) is 0 Å². The van der Waals surface area contributed by atoms with Crippen molar-refractivity contribution in [2.45, 2.75) is 57.0 Å². The van der Waals surface area contributed by atoms with Crippen molar-refractivity contribution in [2.24, 2.45) is 5.73 Å². The molecule has 0 bridgehead atoms. The minimum Gasteiger partial charge on any atom is -0.481 e. The maximum Gasteiger partial charge on any atom is 0.326 e. The number of carbonyl (C=O) groups excluding carboxylic acids is 3. The molecule has 12 heteroatoms. The Hall–Kier alpha value is -3.51. The Balaban J connectivity index is 3.02. The van der Waals surface area contributed by atoms with E-state index >= 15 is 0 Å². The molecule has 176 valence electrons. The van der Waals surface area contributed by atoms with Crippen molar-refractivity contribution in [1.82, 2.24) is 16.0 Å². The van der Waals surface area contributed by atoms with Gasteiger partial charge in [0.1, 0.15) is 18.1 Å². The summed E-state index contributed by atoms with van der Waals surface area (Å²) in [5.41, 5.74) is 6.24. The summed E-state index contributed by atoms with van der Waals surface area (Å²) in [5.74, 6) is -5.60. The molecule has 5 atom stereocenters. The summed E-state index contributed by atoms with van der Waals surface area (Å²) in [4.78, 5) is 59.4. The van der Waals surface area contributed by atoms with E-state index < -0.39 is 66.4 Å². The Kier molecular flexibility index (Phi) is 10.3. The van der Waals surface area contributed by atoms with Crippen LogP contribution >= 0.6 is 0 Å². The molecule has 5 unspecified atom stereocenters. The minimum absolute atomic E-state index is 0.0516. The Labute approximate surface area is 184 Å². The zero-order chi connectivity index (χ0) is 24.4. The summed E-state index contributed by atoms with van der Waals surface area (Å²) >= 11 is 0. The number of carboxylic acids is 2. The molecule has 0 saturated carbocycles. The fourth-order valence-corrected chi connectivity index (χ4v) is 2.66. The first-order valence-electron chi connectivity index (χ1n) is 9.75. The third-order valence-corrected chi connectivity index (χ3v) is 4.39. The van der Waals surface area contributed by atoms with Crippen LogP contribution in [-0.2, 0) is 30.4 Å². The molecule has 0 heterocycles. The zero-order valence-corrected chi connectivity index (χ0v) is 17.6. The Morgan fingerprint density at radius 3 is 1.91 bits per heavy atom. The highest BCUT2D eigenvalue weighted by atomic mass is 16.4. The predicted molar refractivity (Wildman–Crippen MR) is 111 cm³/mol. The molecule has 1 aromatic carbocycles. The third kappa shape index (κ3) is 8.70. The van der Waals surface area contributed by atoms with E-state index in [9.17, 15) is 29.1 Å². The number of amides is 3. The number of hydrogen-bond acceptors (Lipinski definition) is 7. The van der Waals surface area contributed by atoms with Crippen LogP contribution in [0.2, 0.25) is 0 Å². The van der Waals surface area contributed by atoms with Crippen LogP contribution in [0.15, 0.2) is 30.3 Å². The summed E-state index contributed by atoms with van der Waals surface area (Å²) in [6, 6.07) is 3.24. The Morgan fingerprint density at radius 1 is 0.875 bits per heavy atom. The van der Waals surface area contributed by atoms with E-state index in [0.717, 1.165) is 0 Å².